The molecule has 130 valence electrons. The number of amides is 1. The maximum Gasteiger partial charge on any atom is 0.237 e. The summed E-state index contributed by atoms with van der Waals surface area (Å²) in [6.45, 7) is 3.58. The number of rotatable bonds is 3. The summed E-state index contributed by atoms with van der Waals surface area (Å²) in [5.41, 5.74) is -0.438. The highest BCUT2D eigenvalue weighted by Crippen LogP contribution is 2.55. The standard InChI is InChI=1S/C18H30N2O3/c1-11(20-4-2-15(21)3-5-20)17(22)19-16-13-6-12-7-14(16)10-18(23,8-12)9-13/h11-16,21,23H,2-10H2,1H3,(H,19,22)/t11?,12?,13-,14+,16?,18?. The molecule has 0 aromatic rings. The molecule has 4 saturated carbocycles. The van der Waals surface area contributed by atoms with E-state index in [-0.39, 0.29) is 24.1 Å². The average molecular weight is 322 g/mol. The summed E-state index contributed by atoms with van der Waals surface area (Å²) in [6.07, 6.45) is 6.40. The van der Waals surface area contributed by atoms with Crippen LogP contribution in [-0.4, -0.2) is 57.9 Å². The zero-order chi connectivity index (χ0) is 16.2. The Labute approximate surface area is 138 Å². The fraction of sp³-hybridized carbons (Fsp3) is 0.944. The molecule has 5 rings (SSSR count). The number of aliphatic hydroxyl groups excluding tert-OH is 1. The predicted molar refractivity (Wildman–Crippen MR) is 86.7 cm³/mol. The molecule has 5 aliphatic rings. The normalized spacial score (nSPS) is 45.2. The molecule has 6 atom stereocenters. The van der Waals surface area contributed by atoms with Crippen molar-refractivity contribution in [1.82, 2.24) is 10.2 Å². The van der Waals surface area contributed by atoms with E-state index in [0.29, 0.717) is 17.8 Å². The molecule has 0 spiro atoms. The molecule has 1 heterocycles. The molecule has 0 aromatic heterocycles. The van der Waals surface area contributed by atoms with Crippen LogP contribution in [0.1, 0.15) is 51.9 Å². The van der Waals surface area contributed by atoms with E-state index < -0.39 is 5.60 Å². The monoisotopic (exact) mass is 322 g/mol. The minimum absolute atomic E-state index is 0.122. The predicted octanol–water partition coefficient (Wildman–Crippen LogP) is 0.887. The highest BCUT2D eigenvalue weighted by molar-refractivity contribution is 5.81. The van der Waals surface area contributed by atoms with Crippen molar-refractivity contribution in [3.8, 4) is 0 Å². The van der Waals surface area contributed by atoms with Gasteiger partial charge in [-0.3, -0.25) is 9.69 Å². The fourth-order valence-electron chi connectivity index (χ4n) is 5.94. The maximum absolute atomic E-state index is 12.7. The lowest BCUT2D eigenvalue weighted by Crippen LogP contribution is -2.63. The molecule has 1 saturated heterocycles. The molecule has 3 N–H and O–H groups in total. The Morgan fingerprint density at radius 3 is 2.35 bits per heavy atom. The minimum atomic E-state index is -0.438. The summed E-state index contributed by atoms with van der Waals surface area (Å²) < 4.78 is 0. The van der Waals surface area contributed by atoms with Crippen molar-refractivity contribution < 1.29 is 15.0 Å². The van der Waals surface area contributed by atoms with Gasteiger partial charge < -0.3 is 15.5 Å². The molecule has 23 heavy (non-hydrogen) atoms. The first kappa shape index (κ1) is 15.9. The number of likely N-dealkylation sites (tertiary alicyclic amines) is 1. The quantitative estimate of drug-likeness (QED) is 0.721. The Balaban J connectivity index is 1.37. The van der Waals surface area contributed by atoms with E-state index >= 15 is 0 Å². The summed E-state index contributed by atoms with van der Waals surface area (Å²) in [5.74, 6) is 1.73. The van der Waals surface area contributed by atoms with Crippen LogP contribution in [0.4, 0.5) is 0 Å². The number of aliphatic hydroxyl groups is 2. The van der Waals surface area contributed by atoms with E-state index in [1.54, 1.807) is 0 Å². The Bertz CT molecular complexity index is 459. The minimum Gasteiger partial charge on any atom is -0.393 e. The van der Waals surface area contributed by atoms with Gasteiger partial charge in [0.25, 0.3) is 0 Å². The second kappa shape index (κ2) is 5.71. The van der Waals surface area contributed by atoms with Crippen LogP contribution in [0.2, 0.25) is 0 Å². The third kappa shape index (κ3) is 2.92. The van der Waals surface area contributed by atoms with Gasteiger partial charge in [0, 0.05) is 19.1 Å². The molecule has 1 amide bonds. The van der Waals surface area contributed by atoms with Gasteiger partial charge in [0.1, 0.15) is 0 Å². The van der Waals surface area contributed by atoms with Gasteiger partial charge in [-0.05, 0) is 69.6 Å². The molecule has 5 heteroatoms. The van der Waals surface area contributed by atoms with Gasteiger partial charge in [-0.15, -0.1) is 0 Å². The third-order valence-corrected chi connectivity index (χ3v) is 6.98. The van der Waals surface area contributed by atoms with Crippen LogP contribution in [0, 0.1) is 17.8 Å². The highest BCUT2D eigenvalue weighted by atomic mass is 16.3. The van der Waals surface area contributed by atoms with Gasteiger partial charge in [-0.25, -0.2) is 0 Å². The van der Waals surface area contributed by atoms with Crippen molar-refractivity contribution in [3.63, 3.8) is 0 Å². The Kier molecular flexibility index (Phi) is 3.94. The van der Waals surface area contributed by atoms with Crippen molar-refractivity contribution in [2.45, 2.75) is 75.7 Å². The molecule has 0 aromatic carbocycles. The van der Waals surface area contributed by atoms with E-state index in [2.05, 4.69) is 10.2 Å². The van der Waals surface area contributed by atoms with Gasteiger partial charge in [-0.1, -0.05) is 0 Å². The summed E-state index contributed by atoms with van der Waals surface area (Å²) in [7, 11) is 0. The van der Waals surface area contributed by atoms with Crippen molar-refractivity contribution in [3.05, 3.63) is 0 Å². The second-order valence-corrected chi connectivity index (χ2v) is 8.67. The maximum atomic E-state index is 12.7. The van der Waals surface area contributed by atoms with Crippen LogP contribution in [0.3, 0.4) is 0 Å². The molecular formula is C18H30N2O3. The van der Waals surface area contributed by atoms with Crippen LogP contribution in [0.5, 0.6) is 0 Å². The first-order chi connectivity index (χ1) is 10.9. The Morgan fingerprint density at radius 2 is 1.78 bits per heavy atom. The SMILES string of the molecule is CC(C(=O)NC1[C@@H]2CC3C[C@H]1CC(O)(C3)C2)N1CCC(O)CC1. The van der Waals surface area contributed by atoms with Gasteiger partial charge in [0.2, 0.25) is 5.91 Å². The van der Waals surface area contributed by atoms with Crippen molar-refractivity contribution >= 4 is 5.91 Å². The first-order valence-corrected chi connectivity index (χ1v) is 9.38. The number of nitrogens with one attached hydrogen (secondary N) is 1. The second-order valence-electron chi connectivity index (χ2n) is 8.67. The van der Waals surface area contributed by atoms with Gasteiger partial charge >= 0.3 is 0 Å². The lowest BCUT2D eigenvalue weighted by molar-refractivity contribution is -0.148. The number of piperidine rings is 1. The van der Waals surface area contributed by atoms with E-state index in [9.17, 15) is 15.0 Å². The fourth-order valence-corrected chi connectivity index (χ4v) is 5.94. The topological polar surface area (TPSA) is 72.8 Å². The van der Waals surface area contributed by atoms with E-state index in [0.717, 1.165) is 45.2 Å². The van der Waals surface area contributed by atoms with Crippen LogP contribution < -0.4 is 5.32 Å². The van der Waals surface area contributed by atoms with Crippen molar-refractivity contribution in [1.29, 1.82) is 0 Å². The smallest absolute Gasteiger partial charge is 0.237 e. The molecule has 4 bridgehead atoms. The van der Waals surface area contributed by atoms with E-state index in [4.69, 9.17) is 0 Å². The molecule has 4 aliphatic carbocycles. The molecule has 0 radical (unpaired) electrons. The summed E-state index contributed by atoms with van der Waals surface area (Å²) in [4.78, 5) is 14.9. The van der Waals surface area contributed by atoms with Crippen LogP contribution in [0.15, 0.2) is 0 Å². The largest absolute Gasteiger partial charge is 0.393 e. The molecule has 1 aliphatic heterocycles. The number of nitrogens with zero attached hydrogens (tertiary/aromatic N) is 1. The van der Waals surface area contributed by atoms with E-state index in [1.165, 1.54) is 12.8 Å². The summed E-state index contributed by atoms with van der Waals surface area (Å²) in [6, 6.07) is 0.139. The lowest BCUT2D eigenvalue weighted by atomic mass is 9.52. The van der Waals surface area contributed by atoms with Crippen molar-refractivity contribution in [2.75, 3.05) is 13.1 Å². The number of hydrogen-bond acceptors (Lipinski definition) is 4. The van der Waals surface area contributed by atoms with Crippen LogP contribution >= 0.6 is 0 Å². The number of carbonyl (C=O) groups is 1. The average Bonchev–Trinajstić information content (AvgIpc) is 2.49. The molecule has 5 fully saturated rings. The van der Waals surface area contributed by atoms with Crippen LogP contribution in [0.25, 0.3) is 0 Å². The lowest BCUT2D eigenvalue weighted by Gasteiger charge is -2.58. The van der Waals surface area contributed by atoms with Gasteiger partial charge in [-0.2, -0.15) is 0 Å². The molecule has 4 unspecified atom stereocenters. The van der Waals surface area contributed by atoms with E-state index in [1.807, 2.05) is 6.92 Å². The number of hydrogen-bond donors (Lipinski definition) is 3. The van der Waals surface area contributed by atoms with Crippen molar-refractivity contribution in [2.24, 2.45) is 17.8 Å². The molecule has 5 nitrogen and oxygen atoms in total. The summed E-state index contributed by atoms with van der Waals surface area (Å²) >= 11 is 0. The molecular weight excluding hydrogens is 292 g/mol. The third-order valence-electron chi connectivity index (χ3n) is 6.98. The summed E-state index contributed by atoms with van der Waals surface area (Å²) in [5, 5.41) is 23.6. The first-order valence-electron chi connectivity index (χ1n) is 9.38. The Hall–Kier alpha value is -0.650. The zero-order valence-electron chi connectivity index (χ0n) is 14.1. The van der Waals surface area contributed by atoms with Gasteiger partial charge in [0.15, 0.2) is 0 Å². The highest BCUT2D eigenvalue weighted by Gasteiger charge is 2.55. The zero-order valence-corrected chi connectivity index (χ0v) is 14.1. The Morgan fingerprint density at radius 1 is 1.17 bits per heavy atom. The number of carbonyl (C=O) groups excluding carboxylic acids is 1. The van der Waals surface area contributed by atoms with Crippen LogP contribution in [-0.2, 0) is 4.79 Å². The van der Waals surface area contributed by atoms with Gasteiger partial charge in [0.05, 0.1) is 17.7 Å².